The Hall–Kier alpha value is -1.69. The number of piperidine rings is 1. The minimum Gasteiger partial charge on any atom is -0.352 e. The average Bonchev–Trinajstić information content (AvgIpc) is 2.77. The largest absolute Gasteiger partial charge is 0.352 e. The van der Waals surface area contributed by atoms with Gasteiger partial charge in [0.25, 0.3) is 0 Å². The molecule has 1 aromatic rings. The Morgan fingerprint density at radius 1 is 1.33 bits per heavy atom. The molecule has 5 nitrogen and oxygen atoms in total. The van der Waals surface area contributed by atoms with Gasteiger partial charge in [0.15, 0.2) is 5.81 Å². The van der Waals surface area contributed by atoms with E-state index in [1.54, 1.807) is 11.0 Å². The first-order chi connectivity index (χ1) is 10.0. The number of carbonyl (C=O) groups excluding carboxylic acids is 2. The first-order valence-corrected chi connectivity index (χ1v) is 7.27. The molecule has 2 radical (unpaired) electrons. The molecule has 0 aromatic heterocycles. The van der Waals surface area contributed by atoms with Gasteiger partial charge in [0.2, 0.25) is 13.8 Å². The maximum Gasteiger partial charge on any atom is 0.247 e. The number of carbonyl (C=O) groups is 2. The molecule has 3 rings (SSSR count). The number of hydrogen-bond donors (Lipinski definition) is 1. The molecular weight excluding hydrogens is 288 g/mol. The van der Waals surface area contributed by atoms with E-state index in [1.165, 1.54) is 0 Å². The summed E-state index contributed by atoms with van der Waals surface area (Å²) < 4.78 is 0. The second-order valence-electron chi connectivity index (χ2n) is 5.43. The summed E-state index contributed by atoms with van der Waals surface area (Å²) in [5, 5.41) is 3.54. The lowest BCUT2D eigenvalue weighted by atomic mass is 9.85. The maximum absolute atomic E-state index is 12.4. The lowest BCUT2D eigenvalue weighted by Gasteiger charge is -2.43. The molecule has 0 aliphatic carbocycles. The van der Waals surface area contributed by atoms with E-state index >= 15 is 0 Å². The normalized spacial score (nSPS) is 20.7. The summed E-state index contributed by atoms with van der Waals surface area (Å²) >= 11 is 6.05. The van der Waals surface area contributed by atoms with Gasteiger partial charge in [0, 0.05) is 23.8 Å². The number of benzene rings is 1. The third-order valence-electron chi connectivity index (χ3n) is 4.36. The third-order valence-corrected chi connectivity index (χ3v) is 4.59. The van der Waals surface area contributed by atoms with Crippen molar-refractivity contribution in [2.24, 2.45) is 0 Å². The Kier molecular flexibility index (Phi) is 3.57. The summed E-state index contributed by atoms with van der Waals surface area (Å²) in [7, 11) is 5.31. The van der Waals surface area contributed by atoms with E-state index in [-0.39, 0.29) is 5.91 Å². The summed E-state index contributed by atoms with van der Waals surface area (Å²) in [4.78, 5) is 27.2. The van der Waals surface area contributed by atoms with E-state index in [9.17, 15) is 9.59 Å². The van der Waals surface area contributed by atoms with Gasteiger partial charge < -0.3 is 15.1 Å². The molecule has 2 amide bonds. The molecule has 1 N–H and O–H groups in total. The molecule has 2 saturated heterocycles. The van der Waals surface area contributed by atoms with Crippen molar-refractivity contribution in [2.75, 3.05) is 24.7 Å². The van der Waals surface area contributed by atoms with Crippen LogP contribution in [-0.2, 0) is 4.79 Å². The van der Waals surface area contributed by atoms with E-state index in [2.05, 4.69) is 5.32 Å². The van der Waals surface area contributed by atoms with Crippen molar-refractivity contribution in [2.45, 2.75) is 18.4 Å². The minimum absolute atomic E-state index is 0.00611. The number of nitrogens with one attached hydrogen (secondary N) is 1. The zero-order valence-electron chi connectivity index (χ0n) is 11.5. The second kappa shape index (κ2) is 5.26. The van der Waals surface area contributed by atoms with Crippen LogP contribution in [0.2, 0.25) is 5.02 Å². The standard InChI is InChI=1S/C14H15BClN3O2/c15-13(21)18-6-4-14(5-7-18)12(20)17-9-19(14)11-3-1-2-10(16)8-11/h1-3,8H,4-7,9H2,(H,17,20). The number of likely N-dealkylation sites (tertiary alicyclic amines) is 1. The summed E-state index contributed by atoms with van der Waals surface area (Å²) in [5.41, 5.74) is 0.296. The van der Waals surface area contributed by atoms with Gasteiger partial charge >= 0.3 is 0 Å². The van der Waals surface area contributed by atoms with E-state index in [0.717, 1.165) is 5.69 Å². The van der Waals surface area contributed by atoms with Crippen LogP contribution in [0.25, 0.3) is 0 Å². The Labute approximate surface area is 129 Å². The molecule has 108 valence electrons. The average molecular weight is 304 g/mol. The van der Waals surface area contributed by atoms with Crippen LogP contribution < -0.4 is 10.2 Å². The number of halogens is 1. The number of rotatable bonds is 1. The first kappa shape index (κ1) is 14.3. The zero-order chi connectivity index (χ0) is 15.0. The molecule has 21 heavy (non-hydrogen) atoms. The molecule has 0 unspecified atom stereocenters. The van der Waals surface area contributed by atoms with Crippen molar-refractivity contribution in [1.82, 2.24) is 10.2 Å². The molecule has 2 aliphatic rings. The van der Waals surface area contributed by atoms with Crippen LogP contribution in [0.1, 0.15) is 12.8 Å². The van der Waals surface area contributed by atoms with Gasteiger partial charge in [0.1, 0.15) is 5.54 Å². The fourth-order valence-corrected chi connectivity index (χ4v) is 3.35. The number of anilines is 1. The molecule has 0 saturated carbocycles. The zero-order valence-corrected chi connectivity index (χ0v) is 12.3. The van der Waals surface area contributed by atoms with Crippen LogP contribution in [0.3, 0.4) is 0 Å². The van der Waals surface area contributed by atoms with Gasteiger partial charge in [-0.25, -0.2) is 0 Å². The van der Waals surface area contributed by atoms with Gasteiger partial charge in [-0.2, -0.15) is 0 Å². The first-order valence-electron chi connectivity index (χ1n) is 6.89. The molecule has 1 aromatic carbocycles. The lowest BCUT2D eigenvalue weighted by Crippen LogP contribution is -2.57. The predicted molar refractivity (Wildman–Crippen MR) is 81.6 cm³/mol. The predicted octanol–water partition coefficient (Wildman–Crippen LogP) is 1.36. The minimum atomic E-state index is -0.614. The van der Waals surface area contributed by atoms with Gasteiger partial charge in [0.05, 0.1) is 6.67 Å². The highest BCUT2D eigenvalue weighted by Gasteiger charge is 2.50. The maximum atomic E-state index is 12.4. The fourth-order valence-electron chi connectivity index (χ4n) is 3.17. The van der Waals surface area contributed by atoms with Crippen molar-refractivity contribution >= 4 is 36.8 Å². The van der Waals surface area contributed by atoms with Gasteiger partial charge in [-0.15, -0.1) is 0 Å². The Bertz CT molecular complexity index is 587. The molecule has 7 heteroatoms. The summed E-state index contributed by atoms with van der Waals surface area (Å²) in [6, 6.07) is 7.46. The lowest BCUT2D eigenvalue weighted by molar-refractivity contribution is -0.124. The molecule has 0 bridgehead atoms. The smallest absolute Gasteiger partial charge is 0.247 e. The fraction of sp³-hybridized carbons (Fsp3) is 0.429. The topological polar surface area (TPSA) is 52.7 Å². The molecule has 2 heterocycles. The highest BCUT2D eigenvalue weighted by atomic mass is 35.5. The Morgan fingerprint density at radius 2 is 2.05 bits per heavy atom. The summed E-state index contributed by atoms with van der Waals surface area (Å²) in [6.07, 6.45) is 1.13. The molecule has 1 spiro atoms. The van der Waals surface area contributed by atoms with Crippen molar-refractivity contribution in [3.8, 4) is 0 Å². The van der Waals surface area contributed by atoms with Crippen LogP contribution in [0, 0.1) is 0 Å². The number of amides is 2. The number of hydrogen-bond acceptors (Lipinski definition) is 3. The summed E-state index contributed by atoms with van der Waals surface area (Å²) in [5.74, 6) is -0.427. The molecule has 2 fully saturated rings. The Morgan fingerprint density at radius 3 is 2.67 bits per heavy atom. The van der Waals surface area contributed by atoms with Crippen molar-refractivity contribution in [3.05, 3.63) is 29.3 Å². The highest BCUT2D eigenvalue weighted by molar-refractivity contribution is 6.56. The van der Waals surface area contributed by atoms with Crippen LogP contribution in [0.4, 0.5) is 10.5 Å². The van der Waals surface area contributed by atoms with Crippen LogP contribution in [-0.4, -0.2) is 49.8 Å². The molecule has 0 atom stereocenters. The molecular formula is C14H15BClN3O2. The van der Waals surface area contributed by atoms with Crippen molar-refractivity contribution < 1.29 is 9.59 Å². The van der Waals surface area contributed by atoms with E-state index in [1.807, 2.05) is 23.1 Å². The van der Waals surface area contributed by atoms with Crippen LogP contribution in [0.15, 0.2) is 24.3 Å². The highest BCUT2D eigenvalue weighted by Crippen LogP contribution is 2.36. The second-order valence-corrected chi connectivity index (χ2v) is 5.87. The van der Waals surface area contributed by atoms with E-state index in [4.69, 9.17) is 19.4 Å². The van der Waals surface area contributed by atoms with E-state index in [0.29, 0.717) is 37.6 Å². The van der Waals surface area contributed by atoms with Crippen LogP contribution >= 0.6 is 11.6 Å². The van der Waals surface area contributed by atoms with Crippen LogP contribution in [0.5, 0.6) is 0 Å². The quantitative estimate of drug-likeness (QED) is 0.797. The van der Waals surface area contributed by atoms with Gasteiger partial charge in [-0.3, -0.25) is 9.59 Å². The Balaban J connectivity index is 1.88. The van der Waals surface area contributed by atoms with Gasteiger partial charge in [-0.1, -0.05) is 17.7 Å². The van der Waals surface area contributed by atoms with E-state index < -0.39 is 11.3 Å². The van der Waals surface area contributed by atoms with Crippen molar-refractivity contribution in [1.29, 1.82) is 0 Å². The monoisotopic (exact) mass is 303 g/mol. The SMILES string of the molecule is [B]C(=O)N1CCC2(CC1)C(=O)NCN2c1cccc(Cl)c1. The van der Waals surface area contributed by atoms with Crippen molar-refractivity contribution in [3.63, 3.8) is 0 Å². The van der Waals surface area contributed by atoms with Gasteiger partial charge in [-0.05, 0) is 31.0 Å². The third kappa shape index (κ3) is 2.37. The molecule has 2 aliphatic heterocycles. The number of nitrogens with zero attached hydrogens (tertiary/aromatic N) is 2. The summed E-state index contributed by atoms with van der Waals surface area (Å²) in [6.45, 7) is 1.43.